The highest BCUT2D eigenvalue weighted by Crippen LogP contribution is 2.23. The molecule has 0 spiro atoms. The SMILES string of the molecule is CNC.Cc1cc(-c2ccc3ncn(Cc4ccc5ncccc5c4)c3n2)ccc1C=O. The Kier molecular flexibility index (Phi) is 6.33. The van der Waals surface area contributed by atoms with Crippen molar-refractivity contribution in [3.8, 4) is 11.3 Å². The fourth-order valence-electron chi connectivity index (χ4n) is 3.60. The van der Waals surface area contributed by atoms with Crippen LogP contribution in [0.2, 0.25) is 0 Å². The maximum Gasteiger partial charge on any atom is 0.160 e. The molecule has 5 aromatic rings. The first-order chi connectivity index (χ1) is 15.6. The third-order valence-electron chi connectivity index (χ3n) is 5.18. The van der Waals surface area contributed by atoms with Crippen molar-refractivity contribution in [2.24, 2.45) is 0 Å². The van der Waals surface area contributed by atoms with Crippen LogP contribution in [0.15, 0.2) is 73.2 Å². The van der Waals surface area contributed by atoms with Gasteiger partial charge in [-0.25, -0.2) is 9.97 Å². The molecule has 160 valence electrons. The van der Waals surface area contributed by atoms with E-state index in [2.05, 4.69) is 38.1 Å². The number of pyridine rings is 2. The molecule has 0 fully saturated rings. The number of hydrogen-bond acceptors (Lipinski definition) is 5. The van der Waals surface area contributed by atoms with Gasteiger partial charge in [-0.15, -0.1) is 0 Å². The van der Waals surface area contributed by atoms with E-state index >= 15 is 0 Å². The molecule has 0 aliphatic rings. The van der Waals surface area contributed by atoms with Crippen molar-refractivity contribution in [2.75, 3.05) is 14.1 Å². The zero-order chi connectivity index (χ0) is 22.5. The number of rotatable bonds is 4. The highest BCUT2D eigenvalue weighted by Gasteiger charge is 2.09. The summed E-state index contributed by atoms with van der Waals surface area (Å²) in [7, 11) is 3.75. The number of benzene rings is 2. The molecule has 0 aliphatic heterocycles. The number of aryl methyl sites for hydroxylation is 1. The van der Waals surface area contributed by atoms with Crippen molar-refractivity contribution >= 4 is 28.4 Å². The van der Waals surface area contributed by atoms with Crippen LogP contribution in [0.25, 0.3) is 33.3 Å². The molecule has 0 bridgehead atoms. The van der Waals surface area contributed by atoms with E-state index in [4.69, 9.17) is 4.98 Å². The summed E-state index contributed by atoms with van der Waals surface area (Å²) in [6.07, 6.45) is 4.51. The van der Waals surface area contributed by atoms with E-state index in [1.165, 1.54) is 5.56 Å². The molecule has 32 heavy (non-hydrogen) atoms. The van der Waals surface area contributed by atoms with Crippen LogP contribution in [0.1, 0.15) is 21.5 Å². The molecule has 0 amide bonds. The average molecular weight is 424 g/mol. The zero-order valence-electron chi connectivity index (χ0n) is 18.4. The lowest BCUT2D eigenvalue weighted by Gasteiger charge is -2.08. The van der Waals surface area contributed by atoms with E-state index in [-0.39, 0.29) is 0 Å². The summed E-state index contributed by atoms with van der Waals surface area (Å²) >= 11 is 0. The van der Waals surface area contributed by atoms with Gasteiger partial charge in [0.1, 0.15) is 11.8 Å². The van der Waals surface area contributed by atoms with E-state index < -0.39 is 0 Å². The van der Waals surface area contributed by atoms with Crippen LogP contribution >= 0.6 is 0 Å². The van der Waals surface area contributed by atoms with Gasteiger partial charge < -0.3 is 9.88 Å². The maximum atomic E-state index is 11.1. The fourth-order valence-corrected chi connectivity index (χ4v) is 3.60. The summed E-state index contributed by atoms with van der Waals surface area (Å²) in [5, 5.41) is 3.87. The lowest BCUT2D eigenvalue weighted by atomic mass is 10.0. The first kappa shape index (κ1) is 21.3. The van der Waals surface area contributed by atoms with E-state index in [1.807, 2.05) is 69.8 Å². The molecule has 0 saturated heterocycles. The molecular weight excluding hydrogens is 398 g/mol. The first-order valence-corrected chi connectivity index (χ1v) is 10.4. The van der Waals surface area contributed by atoms with E-state index in [9.17, 15) is 4.79 Å². The lowest BCUT2D eigenvalue weighted by molar-refractivity contribution is 0.112. The quantitative estimate of drug-likeness (QED) is 0.426. The van der Waals surface area contributed by atoms with Gasteiger partial charge in [-0.2, -0.15) is 0 Å². The second kappa shape index (κ2) is 9.49. The molecule has 0 aliphatic carbocycles. The molecule has 6 heteroatoms. The summed E-state index contributed by atoms with van der Waals surface area (Å²) < 4.78 is 2.06. The van der Waals surface area contributed by atoms with E-state index in [1.54, 1.807) is 6.20 Å². The number of aromatic nitrogens is 4. The highest BCUT2D eigenvalue weighted by atomic mass is 16.1. The van der Waals surface area contributed by atoms with Gasteiger partial charge in [-0.1, -0.05) is 24.3 Å². The molecule has 5 rings (SSSR count). The lowest BCUT2D eigenvalue weighted by Crippen LogP contribution is -2.00. The minimum Gasteiger partial charge on any atom is -0.323 e. The molecule has 0 atom stereocenters. The van der Waals surface area contributed by atoms with Gasteiger partial charge in [-0.3, -0.25) is 9.78 Å². The maximum absolute atomic E-state index is 11.1. The Morgan fingerprint density at radius 3 is 2.56 bits per heavy atom. The smallest absolute Gasteiger partial charge is 0.160 e. The third kappa shape index (κ3) is 4.40. The summed E-state index contributed by atoms with van der Waals surface area (Å²) in [5.41, 5.74) is 7.35. The molecule has 3 heterocycles. The Morgan fingerprint density at radius 1 is 0.969 bits per heavy atom. The Hall–Kier alpha value is -3.90. The Balaban J connectivity index is 0.000000775. The molecule has 0 saturated carbocycles. The number of hydrogen-bond donors (Lipinski definition) is 1. The highest BCUT2D eigenvalue weighted by molar-refractivity contribution is 5.81. The van der Waals surface area contributed by atoms with Crippen LogP contribution in [0.4, 0.5) is 0 Å². The molecule has 1 N–H and O–H groups in total. The Morgan fingerprint density at radius 2 is 1.78 bits per heavy atom. The summed E-state index contributed by atoms with van der Waals surface area (Å²) in [6, 6.07) is 20.0. The third-order valence-corrected chi connectivity index (χ3v) is 5.18. The van der Waals surface area contributed by atoms with Crippen LogP contribution in [0.3, 0.4) is 0 Å². The molecule has 6 nitrogen and oxygen atoms in total. The predicted octanol–water partition coefficient (Wildman–Crippen LogP) is 4.65. The van der Waals surface area contributed by atoms with E-state index in [0.29, 0.717) is 12.1 Å². The monoisotopic (exact) mass is 423 g/mol. The van der Waals surface area contributed by atoms with Crippen LogP contribution in [0, 0.1) is 6.92 Å². The van der Waals surface area contributed by atoms with Crippen LogP contribution in [-0.2, 0) is 6.54 Å². The number of carbonyl (C=O) groups is 1. The van der Waals surface area contributed by atoms with Gasteiger partial charge >= 0.3 is 0 Å². The normalized spacial score (nSPS) is 10.7. The second-order valence-corrected chi connectivity index (χ2v) is 7.63. The molecule has 3 aromatic heterocycles. The molecule has 2 aromatic carbocycles. The van der Waals surface area contributed by atoms with Crippen molar-refractivity contribution in [2.45, 2.75) is 13.5 Å². The number of carbonyl (C=O) groups excluding carboxylic acids is 1. The largest absolute Gasteiger partial charge is 0.323 e. The van der Waals surface area contributed by atoms with Crippen molar-refractivity contribution in [3.63, 3.8) is 0 Å². The van der Waals surface area contributed by atoms with Crippen LogP contribution in [0.5, 0.6) is 0 Å². The molecule has 0 radical (unpaired) electrons. The van der Waals surface area contributed by atoms with Gasteiger partial charge in [0.2, 0.25) is 0 Å². The van der Waals surface area contributed by atoms with Crippen molar-refractivity contribution in [1.82, 2.24) is 24.8 Å². The standard InChI is InChI=1S/C24H18N4O.C2H7N/c1-16-11-19(5-6-20(16)14-29)22-8-9-23-24(27-22)28(15-26-23)13-17-4-7-21-18(12-17)3-2-10-25-21;1-3-2/h2-12,14-15H,13H2,1H3;3H,1-2H3. The predicted molar refractivity (Wildman–Crippen MR) is 129 cm³/mol. The summed E-state index contributed by atoms with van der Waals surface area (Å²) in [5.74, 6) is 0. The average Bonchev–Trinajstić information content (AvgIpc) is 3.21. The fraction of sp³-hybridized carbons (Fsp3) is 0.154. The number of nitrogens with one attached hydrogen (secondary N) is 1. The zero-order valence-corrected chi connectivity index (χ0v) is 18.4. The van der Waals surface area contributed by atoms with E-state index in [0.717, 1.165) is 45.2 Å². The van der Waals surface area contributed by atoms with Gasteiger partial charge in [0.15, 0.2) is 5.65 Å². The Labute approximate surface area is 187 Å². The van der Waals surface area contributed by atoms with Crippen LogP contribution < -0.4 is 5.32 Å². The topological polar surface area (TPSA) is 72.7 Å². The van der Waals surface area contributed by atoms with Gasteiger partial charge in [0, 0.05) is 22.7 Å². The minimum absolute atomic E-state index is 0.681. The minimum atomic E-state index is 0.681. The molecule has 0 unspecified atom stereocenters. The summed E-state index contributed by atoms with van der Waals surface area (Å²) in [4.78, 5) is 24.8. The number of fused-ring (bicyclic) bond motifs is 2. The van der Waals surface area contributed by atoms with Gasteiger partial charge in [0.05, 0.1) is 24.1 Å². The van der Waals surface area contributed by atoms with Crippen LogP contribution in [-0.4, -0.2) is 39.9 Å². The second-order valence-electron chi connectivity index (χ2n) is 7.63. The van der Waals surface area contributed by atoms with Gasteiger partial charge in [0.25, 0.3) is 0 Å². The number of aldehydes is 1. The van der Waals surface area contributed by atoms with Crippen molar-refractivity contribution in [1.29, 1.82) is 0 Å². The Bertz CT molecular complexity index is 1390. The molecular formula is C26H25N5O. The van der Waals surface area contributed by atoms with Crippen molar-refractivity contribution in [3.05, 3.63) is 89.9 Å². The van der Waals surface area contributed by atoms with Gasteiger partial charge in [-0.05, 0) is 68.5 Å². The number of imidazole rings is 1. The first-order valence-electron chi connectivity index (χ1n) is 10.4. The van der Waals surface area contributed by atoms with Crippen molar-refractivity contribution < 1.29 is 4.79 Å². The summed E-state index contributed by atoms with van der Waals surface area (Å²) in [6.45, 7) is 2.62. The number of nitrogens with zero attached hydrogens (tertiary/aromatic N) is 4.